The van der Waals surface area contributed by atoms with Crippen molar-refractivity contribution in [3.8, 4) is 16.9 Å². The largest absolute Gasteiger partial charge is 0.482 e. The second-order valence-corrected chi connectivity index (χ2v) is 12.1. The van der Waals surface area contributed by atoms with Crippen molar-refractivity contribution >= 4 is 41.0 Å². The number of nitrogens with zero attached hydrogens (tertiary/aromatic N) is 1. The Morgan fingerprint density at radius 2 is 1.91 bits per heavy atom. The van der Waals surface area contributed by atoms with Gasteiger partial charge in [0.15, 0.2) is 6.61 Å². The van der Waals surface area contributed by atoms with E-state index in [1.165, 1.54) is 29.2 Å². The number of rotatable bonds is 11. The third-order valence-electron chi connectivity index (χ3n) is 8.88. The van der Waals surface area contributed by atoms with Gasteiger partial charge in [-0.2, -0.15) is 0 Å². The summed E-state index contributed by atoms with van der Waals surface area (Å²) in [5.74, 6) is -4.80. The summed E-state index contributed by atoms with van der Waals surface area (Å²) in [6.45, 7) is 2.24. The molecule has 2 saturated heterocycles. The van der Waals surface area contributed by atoms with E-state index in [9.17, 15) is 32.8 Å². The third kappa shape index (κ3) is 7.11. The first-order valence-corrected chi connectivity index (χ1v) is 15.5. The average Bonchev–Trinajstić information content (AvgIpc) is 3.72. The van der Waals surface area contributed by atoms with Crippen LogP contribution in [0.15, 0.2) is 36.4 Å². The van der Waals surface area contributed by atoms with E-state index < -0.39 is 59.7 Å². The number of halogens is 3. The molecular weight excluding hydrogens is 610 g/mol. The van der Waals surface area contributed by atoms with E-state index in [0.29, 0.717) is 25.1 Å². The number of Topliss-reactive ketones (excluding diaryl/α,β-unsaturated/α-hetero) is 1. The molecule has 1 aliphatic carbocycles. The van der Waals surface area contributed by atoms with Crippen LogP contribution in [0.5, 0.6) is 5.75 Å². The molecule has 0 radical (unpaired) electrons. The van der Waals surface area contributed by atoms with E-state index in [1.807, 2.05) is 0 Å². The first-order chi connectivity index (χ1) is 21.6. The summed E-state index contributed by atoms with van der Waals surface area (Å²) in [6, 6.07) is 5.56. The van der Waals surface area contributed by atoms with Gasteiger partial charge in [0, 0.05) is 37.2 Å². The maximum Gasteiger partial charge on any atom is 0.289 e. The van der Waals surface area contributed by atoms with Gasteiger partial charge in [0.05, 0.1) is 11.1 Å². The molecule has 3 N–H and O–H groups in total. The topological polar surface area (TPSA) is 134 Å². The van der Waals surface area contributed by atoms with E-state index in [-0.39, 0.29) is 47.0 Å². The number of amides is 4. The highest BCUT2D eigenvalue weighted by molar-refractivity contribution is 6.38. The number of carbonyl (C=O) groups is 5. The number of benzene rings is 2. The van der Waals surface area contributed by atoms with Gasteiger partial charge in [0.25, 0.3) is 11.8 Å². The summed E-state index contributed by atoms with van der Waals surface area (Å²) in [5.41, 5.74) is 0.544. The van der Waals surface area contributed by atoms with E-state index in [2.05, 4.69) is 16.0 Å². The zero-order chi connectivity index (χ0) is 32.2. The zero-order valence-corrected chi connectivity index (χ0v) is 25.5. The van der Waals surface area contributed by atoms with E-state index in [1.54, 1.807) is 6.92 Å². The van der Waals surface area contributed by atoms with E-state index in [0.717, 1.165) is 31.4 Å². The van der Waals surface area contributed by atoms with Crippen LogP contribution >= 0.6 is 11.6 Å². The number of likely N-dealkylation sites (N-methyl/N-ethyl adjacent to an activating group) is 1. The van der Waals surface area contributed by atoms with Gasteiger partial charge in [-0.1, -0.05) is 24.1 Å². The Labute approximate surface area is 264 Å². The lowest BCUT2D eigenvalue weighted by molar-refractivity contribution is -0.143. The summed E-state index contributed by atoms with van der Waals surface area (Å²) in [7, 11) is 0. The van der Waals surface area contributed by atoms with Gasteiger partial charge < -0.3 is 25.6 Å². The van der Waals surface area contributed by atoms with Crippen molar-refractivity contribution in [3.05, 3.63) is 53.1 Å². The number of likely N-dealkylation sites (tertiary alicyclic amines) is 1. The minimum atomic E-state index is -1.23. The van der Waals surface area contributed by atoms with Gasteiger partial charge in [-0.3, -0.25) is 24.0 Å². The van der Waals surface area contributed by atoms with Gasteiger partial charge in [0.1, 0.15) is 23.4 Å². The number of fused-ring (bicyclic) bond motifs is 1. The number of carbonyl (C=O) groups excluding carboxylic acids is 5. The van der Waals surface area contributed by atoms with Crippen LogP contribution in [-0.4, -0.2) is 72.6 Å². The molecule has 13 heteroatoms. The number of hydrogen-bond donors (Lipinski definition) is 3. The highest BCUT2D eigenvalue weighted by Gasteiger charge is 2.50. The Morgan fingerprint density at radius 1 is 1.11 bits per heavy atom. The number of ketones is 1. The smallest absolute Gasteiger partial charge is 0.289 e. The predicted octanol–water partition coefficient (Wildman–Crippen LogP) is 3.01. The highest BCUT2D eigenvalue weighted by atomic mass is 35.5. The SMILES string of the molecule is CCNC(=O)C(=O)[C@H](C[C@@H]1CCNC1=O)NC(=O)[C@@H]1[C@H]2CCC[C@H]2CN1C(=O)COc1ccc(-c2ccc(F)cc2F)cc1Cl. The van der Waals surface area contributed by atoms with Crippen LogP contribution in [0.4, 0.5) is 8.78 Å². The number of nitrogens with one attached hydrogen (secondary N) is 3. The summed E-state index contributed by atoms with van der Waals surface area (Å²) in [6.07, 6.45) is 2.92. The minimum Gasteiger partial charge on any atom is -0.482 e. The quantitative estimate of drug-likeness (QED) is 0.322. The van der Waals surface area contributed by atoms with Crippen LogP contribution in [0.1, 0.15) is 39.0 Å². The maximum absolute atomic E-state index is 14.3. The lowest BCUT2D eigenvalue weighted by Gasteiger charge is -2.29. The fourth-order valence-corrected chi connectivity index (χ4v) is 6.91. The molecule has 2 aromatic rings. The minimum absolute atomic E-state index is 0.0261. The molecule has 2 heterocycles. The molecule has 5 atom stereocenters. The first-order valence-electron chi connectivity index (χ1n) is 15.1. The molecule has 0 spiro atoms. The molecule has 4 amide bonds. The van der Waals surface area contributed by atoms with Crippen molar-refractivity contribution in [1.29, 1.82) is 0 Å². The van der Waals surface area contributed by atoms with Gasteiger partial charge in [-0.25, -0.2) is 8.78 Å². The normalized spacial score (nSPS) is 22.8. The fourth-order valence-electron chi connectivity index (χ4n) is 6.68. The molecule has 10 nitrogen and oxygen atoms in total. The molecule has 3 fully saturated rings. The molecule has 2 aliphatic heterocycles. The molecule has 0 aromatic heterocycles. The van der Waals surface area contributed by atoms with Crippen LogP contribution < -0.4 is 20.7 Å². The summed E-state index contributed by atoms with van der Waals surface area (Å²) in [4.78, 5) is 66.5. The summed E-state index contributed by atoms with van der Waals surface area (Å²) >= 11 is 6.37. The lowest BCUT2D eigenvalue weighted by atomic mass is 9.91. The van der Waals surface area contributed by atoms with Crippen LogP contribution in [0.2, 0.25) is 5.02 Å². The first kappa shape index (κ1) is 32.3. The van der Waals surface area contributed by atoms with Gasteiger partial charge in [-0.05, 0) is 74.3 Å². The number of hydrogen-bond acceptors (Lipinski definition) is 6. The van der Waals surface area contributed by atoms with Crippen LogP contribution in [0.25, 0.3) is 11.1 Å². The van der Waals surface area contributed by atoms with Crippen LogP contribution in [0.3, 0.4) is 0 Å². The monoisotopic (exact) mass is 644 g/mol. The number of ether oxygens (including phenoxy) is 1. The molecule has 2 aromatic carbocycles. The average molecular weight is 645 g/mol. The fraction of sp³-hybridized carbons (Fsp3) is 0.469. The Hall–Kier alpha value is -4.06. The van der Waals surface area contributed by atoms with Gasteiger partial charge >= 0.3 is 0 Å². The maximum atomic E-state index is 14.3. The Kier molecular flexibility index (Phi) is 10.0. The molecular formula is C32H35ClF2N4O6. The van der Waals surface area contributed by atoms with Crippen molar-refractivity contribution in [2.45, 2.75) is 51.1 Å². The zero-order valence-electron chi connectivity index (χ0n) is 24.7. The Morgan fingerprint density at radius 3 is 2.60 bits per heavy atom. The standard InChI is InChI=1S/C32H35ClF2N4O6/c1-2-36-32(44)29(41)25(13-18-10-11-37-30(18)42)38-31(43)28-22-5-3-4-19(22)15-39(28)27(40)16-45-26-9-6-17(12-23(26)33)21-8-7-20(34)14-24(21)35/h6-9,12,14,18-19,22,25,28H,2-5,10-11,13,15-16H2,1H3,(H,36,44)(H,37,42)(H,38,43)/t18-,19-,22-,25-,28-/m0/s1. The summed E-state index contributed by atoms with van der Waals surface area (Å²) < 4.78 is 33.3. The van der Waals surface area contributed by atoms with Crippen molar-refractivity contribution in [1.82, 2.24) is 20.9 Å². The molecule has 5 rings (SSSR count). The molecule has 240 valence electrons. The van der Waals surface area contributed by atoms with Crippen molar-refractivity contribution in [2.75, 3.05) is 26.2 Å². The molecule has 45 heavy (non-hydrogen) atoms. The summed E-state index contributed by atoms with van der Waals surface area (Å²) in [5, 5.41) is 7.99. The van der Waals surface area contributed by atoms with E-state index >= 15 is 0 Å². The second kappa shape index (κ2) is 13.9. The Balaban J connectivity index is 1.29. The van der Waals surface area contributed by atoms with E-state index in [4.69, 9.17) is 16.3 Å². The van der Waals surface area contributed by atoms with Gasteiger partial charge in [-0.15, -0.1) is 0 Å². The molecule has 0 unspecified atom stereocenters. The molecule has 0 bridgehead atoms. The second-order valence-electron chi connectivity index (χ2n) is 11.7. The van der Waals surface area contributed by atoms with Crippen LogP contribution in [-0.2, 0) is 24.0 Å². The van der Waals surface area contributed by atoms with Crippen molar-refractivity contribution in [2.24, 2.45) is 17.8 Å². The Bertz CT molecular complexity index is 1510. The molecule has 3 aliphatic rings. The third-order valence-corrected chi connectivity index (χ3v) is 9.18. The van der Waals surface area contributed by atoms with Crippen LogP contribution in [0, 0.1) is 29.4 Å². The lowest BCUT2D eigenvalue weighted by Crippen LogP contribution is -2.55. The molecule has 1 saturated carbocycles. The van der Waals surface area contributed by atoms with Gasteiger partial charge in [0.2, 0.25) is 17.6 Å². The van der Waals surface area contributed by atoms with Crippen molar-refractivity contribution < 1.29 is 37.5 Å². The van der Waals surface area contributed by atoms with Crippen molar-refractivity contribution in [3.63, 3.8) is 0 Å². The highest BCUT2D eigenvalue weighted by Crippen LogP contribution is 2.42. The predicted molar refractivity (Wildman–Crippen MR) is 160 cm³/mol.